The van der Waals surface area contributed by atoms with Gasteiger partial charge in [-0.15, -0.1) is 0 Å². The van der Waals surface area contributed by atoms with Crippen LogP contribution in [0.15, 0.2) is 36.9 Å². The highest BCUT2D eigenvalue weighted by atomic mass is 16.5. The second-order valence-electron chi connectivity index (χ2n) is 6.41. The average Bonchev–Trinajstić information content (AvgIpc) is 2.81. The maximum absolute atomic E-state index is 6.13. The minimum atomic E-state index is 0.304. The van der Waals surface area contributed by atoms with Gasteiger partial charge in [-0.3, -0.25) is 0 Å². The molecular weight excluding hydrogens is 398 g/mol. The van der Waals surface area contributed by atoms with Crippen molar-refractivity contribution in [1.82, 2.24) is 9.97 Å². The third-order valence-electron chi connectivity index (χ3n) is 4.72. The lowest BCUT2D eigenvalue weighted by Crippen LogP contribution is -2.01. The number of hydrogen-bond donors (Lipinski definition) is 1. The van der Waals surface area contributed by atoms with Crippen LogP contribution in [0.2, 0.25) is 0 Å². The molecule has 0 spiro atoms. The zero-order valence-electron chi connectivity index (χ0n) is 18.2. The van der Waals surface area contributed by atoms with E-state index in [0.717, 1.165) is 11.1 Å². The van der Waals surface area contributed by atoms with Gasteiger partial charge in [0.2, 0.25) is 5.75 Å². The van der Waals surface area contributed by atoms with E-state index >= 15 is 0 Å². The number of anilines is 1. The molecule has 2 aromatic carbocycles. The zero-order chi connectivity index (χ0) is 22.5. The molecule has 8 nitrogen and oxygen atoms in total. The van der Waals surface area contributed by atoms with Crippen molar-refractivity contribution in [2.24, 2.45) is 0 Å². The molecular formula is C23H25N3O5. The Morgan fingerprint density at radius 2 is 1.32 bits per heavy atom. The Hall–Kier alpha value is -3.94. The van der Waals surface area contributed by atoms with Gasteiger partial charge in [0, 0.05) is 17.2 Å². The first kappa shape index (κ1) is 21.8. The van der Waals surface area contributed by atoms with Crippen molar-refractivity contribution in [2.45, 2.75) is 0 Å². The number of methoxy groups -OCH3 is 5. The molecule has 8 heteroatoms. The molecule has 3 aromatic rings. The number of nitrogens with zero attached hydrogens (tertiary/aromatic N) is 2. The first-order valence-electron chi connectivity index (χ1n) is 9.33. The van der Waals surface area contributed by atoms with E-state index in [-0.39, 0.29) is 0 Å². The summed E-state index contributed by atoms with van der Waals surface area (Å²) in [5.41, 5.74) is 8.97. The minimum Gasteiger partial charge on any atom is -0.493 e. The van der Waals surface area contributed by atoms with E-state index in [4.69, 9.17) is 34.4 Å². The van der Waals surface area contributed by atoms with E-state index in [9.17, 15) is 0 Å². The van der Waals surface area contributed by atoms with Crippen molar-refractivity contribution in [3.63, 3.8) is 0 Å². The van der Waals surface area contributed by atoms with Gasteiger partial charge in [-0.05, 0) is 29.8 Å². The summed E-state index contributed by atoms with van der Waals surface area (Å²) < 4.78 is 27.1. The molecule has 0 aliphatic rings. The summed E-state index contributed by atoms with van der Waals surface area (Å²) in [6, 6.07) is 8.89. The number of aromatic nitrogens is 2. The number of ether oxygens (including phenoxy) is 5. The lowest BCUT2D eigenvalue weighted by molar-refractivity contribution is 0.324. The van der Waals surface area contributed by atoms with Crippen LogP contribution in [0.4, 0.5) is 5.82 Å². The Bertz CT molecular complexity index is 1090. The van der Waals surface area contributed by atoms with Crippen molar-refractivity contribution in [3.8, 4) is 51.4 Å². The van der Waals surface area contributed by atoms with Gasteiger partial charge in [0.1, 0.15) is 5.82 Å². The lowest BCUT2D eigenvalue weighted by Gasteiger charge is -2.15. The molecule has 0 fully saturated rings. The van der Waals surface area contributed by atoms with Crippen LogP contribution in [-0.2, 0) is 0 Å². The summed E-state index contributed by atoms with van der Waals surface area (Å²) in [7, 11) is 7.79. The standard InChI is InChI=1S/C23H25N3O5/c1-7-13-8-17(27-2)18(28-3)11-15(13)16-12-21(24)26-23(25-16)14-9-19(29-4)22(31-6)20(10-14)30-5/h7-12H,1H2,2-6H3,(H2,24,25,26). The molecule has 31 heavy (non-hydrogen) atoms. The van der Waals surface area contributed by atoms with Gasteiger partial charge >= 0.3 is 0 Å². The fraction of sp³-hybridized carbons (Fsp3) is 0.217. The van der Waals surface area contributed by atoms with Crippen molar-refractivity contribution >= 4 is 11.9 Å². The monoisotopic (exact) mass is 423 g/mol. The Morgan fingerprint density at radius 3 is 1.84 bits per heavy atom. The molecule has 0 saturated carbocycles. The molecule has 0 radical (unpaired) electrons. The highest BCUT2D eigenvalue weighted by Gasteiger charge is 2.18. The van der Waals surface area contributed by atoms with Crippen LogP contribution >= 0.6 is 0 Å². The lowest BCUT2D eigenvalue weighted by atomic mass is 10.0. The maximum atomic E-state index is 6.13. The summed E-state index contributed by atoms with van der Waals surface area (Å²) in [4.78, 5) is 9.13. The summed E-state index contributed by atoms with van der Waals surface area (Å²) in [5, 5.41) is 0. The normalized spacial score (nSPS) is 10.4. The Morgan fingerprint density at radius 1 is 0.742 bits per heavy atom. The molecule has 2 N–H and O–H groups in total. The topological polar surface area (TPSA) is 98.0 Å². The second-order valence-corrected chi connectivity index (χ2v) is 6.41. The van der Waals surface area contributed by atoms with E-state index in [2.05, 4.69) is 11.6 Å². The second kappa shape index (κ2) is 9.25. The molecule has 1 heterocycles. The van der Waals surface area contributed by atoms with Crippen molar-refractivity contribution in [1.29, 1.82) is 0 Å². The Labute approximate surface area is 181 Å². The first-order chi connectivity index (χ1) is 15.0. The number of rotatable bonds is 8. The highest BCUT2D eigenvalue weighted by molar-refractivity contribution is 5.78. The van der Waals surface area contributed by atoms with Crippen LogP contribution in [0.25, 0.3) is 28.7 Å². The van der Waals surface area contributed by atoms with Gasteiger partial charge in [-0.25, -0.2) is 9.97 Å². The van der Waals surface area contributed by atoms with Crippen LogP contribution in [0.3, 0.4) is 0 Å². The summed E-state index contributed by atoms with van der Waals surface area (Å²) in [6.07, 6.45) is 1.72. The maximum Gasteiger partial charge on any atom is 0.203 e. The van der Waals surface area contributed by atoms with Gasteiger partial charge in [-0.2, -0.15) is 0 Å². The minimum absolute atomic E-state index is 0.304. The molecule has 0 aliphatic carbocycles. The molecule has 0 atom stereocenters. The van der Waals surface area contributed by atoms with Crippen LogP contribution in [0.1, 0.15) is 5.56 Å². The van der Waals surface area contributed by atoms with E-state index in [1.54, 1.807) is 59.8 Å². The van der Waals surface area contributed by atoms with Gasteiger partial charge < -0.3 is 29.4 Å². The van der Waals surface area contributed by atoms with Crippen LogP contribution in [-0.4, -0.2) is 45.5 Å². The SMILES string of the molecule is C=Cc1cc(OC)c(OC)cc1-c1cc(N)nc(-c2cc(OC)c(OC)c(OC)c2)n1. The number of nitrogens with two attached hydrogens (primary N) is 1. The molecule has 0 saturated heterocycles. The molecule has 0 amide bonds. The summed E-state index contributed by atoms with van der Waals surface area (Å²) >= 11 is 0. The van der Waals surface area contributed by atoms with Gasteiger partial charge in [0.15, 0.2) is 28.8 Å². The van der Waals surface area contributed by atoms with E-state index < -0.39 is 0 Å². The fourth-order valence-corrected chi connectivity index (χ4v) is 3.23. The fourth-order valence-electron chi connectivity index (χ4n) is 3.23. The molecule has 0 unspecified atom stereocenters. The summed E-state index contributed by atoms with van der Waals surface area (Å²) in [5.74, 6) is 3.32. The first-order valence-corrected chi connectivity index (χ1v) is 9.33. The molecule has 3 rings (SSSR count). The van der Waals surface area contributed by atoms with Crippen molar-refractivity contribution in [2.75, 3.05) is 41.3 Å². The Balaban J connectivity index is 2.22. The number of hydrogen-bond acceptors (Lipinski definition) is 8. The molecule has 0 bridgehead atoms. The van der Waals surface area contributed by atoms with E-state index in [1.807, 2.05) is 12.1 Å². The largest absolute Gasteiger partial charge is 0.493 e. The van der Waals surface area contributed by atoms with E-state index in [0.29, 0.717) is 51.6 Å². The van der Waals surface area contributed by atoms with Crippen LogP contribution < -0.4 is 29.4 Å². The van der Waals surface area contributed by atoms with Crippen molar-refractivity contribution < 1.29 is 23.7 Å². The van der Waals surface area contributed by atoms with Gasteiger partial charge in [0.05, 0.1) is 41.2 Å². The Kier molecular flexibility index (Phi) is 6.49. The van der Waals surface area contributed by atoms with Gasteiger partial charge in [-0.1, -0.05) is 12.7 Å². The summed E-state index contributed by atoms with van der Waals surface area (Å²) in [6.45, 7) is 3.90. The zero-order valence-corrected chi connectivity index (χ0v) is 18.2. The molecule has 1 aromatic heterocycles. The average molecular weight is 423 g/mol. The van der Waals surface area contributed by atoms with Crippen molar-refractivity contribution in [3.05, 3.63) is 42.5 Å². The third kappa shape index (κ3) is 4.18. The predicted octanol–water partition coefficient (Wildman–Crippen LogP) is 4.08. The number of benzene rings is 2. The predicted molar refractivity (Wildman–Crippen MR) is 120 cm³/mol. The highest BCUT2D eigenvalue weighted by Crippen LogP contribution is 2.41. The molecule has 0 aliphatic heterocycles. The van der Waals surface area contributed by atoms with Crippen LogP contribution in [0.5, 0.6) is 28.7 Å². The van der Waals surface area contributed by atoms with Gasteiger partial charge in [0.25, 0.3) is 0 Å². The quantitative estimate of drug-likeness (QED) is 0.579. The van der Waals surface area contributed by atoms with E-state index in [1.165, 1.54) is 0 Å². The van der Waals surface area contributed by atoms with Crippen LogP contribution in [0, 0.1) is 0 Å². The smallest absolute Gasteiger partial charge is 0.203 e. The third-order valence-corrected chi connectivity index (χ3v) is 4.72. The number of nitrogen functional groups attached to an aromatic ring is 1. The molecule has 162 valence electrons.